The Balaban J connectivity index is 1.84. The molecule has 0 unspecified atom stereocenters. The highest BCUT2D eigenvalue weighted by atomic mass is 35.5. The van der Waals surface area contributed by atoms with E-state index in [1.807, 2.05) is 11.9 Å². The number of aromatic nitrogens is 3. The quantitative estimate of drug-likeness (QED) is 0.499. The number of rotatable bonds is 8. The molecule has 1 amide bonds. The third-order valence-electron chi connectivity index (χ3n) is 4.27. The minimum Gasteiger partial charge on any atom is -0.420 e. The van der Waals surface area contributed by atoms with Gasteiger partial charge in [-0.2, -0.15) is 0 Å². The lowest BCUT2D eigenvalue weighted by molar-refractivity contribution is -0.0964. The maximum absolute atomic E-state index is 12.7. The van der Waals surface area contributed by atoms with Crippen molar-refractivity contribution in [2.45, 2.75) is 18.9 Å². The Kier molecular flexibility index (Phi) is 6.96. The Morgan fingerprint density at radius 2 is 1.87 bits per heavy atom. The van der Waals surface area contributed by atoms with Crippen LogP contribution in [0.2, 0.25) is 0 Å². The maximum atomic E-state index is 12.7. The molecule has 10 heteroatoms. The van der Waals surface area contributed by atoms with Gasteiger partial charge in [0, 0.05) is 60.6 Å². The fraction of sp³-hybridized carbons (Fsp3) is 0.238. The van der Waals surface area contributed by atoms with Crippen LogP contribution in [0.4, 0.5) is 20.3 Å². The summed E-state index contributed by atoms with van der Waals surface area (Å²) in [5.74, 6) is 0.165. The fourth-order valence-corrected chi connectivity index (χ4v) is 3.01. The normalized spacial score (nSPS) is 11.1. The molecule has 162 valence electrons. The first-order valence-corrected chi connectivity index (χ1v) is 9.78. The summed E-state index contributed by atoms with van der Waals surface area (Å²) in [5, 5.41) is 2.70. The smallest absolute Gasteiger partial charge is 0.420 e. The van der Waals surface area contributed by atoms with Gasteiger partial charge in [-0.3, -0.25) is 4.79 Å². The van der Waals surface area contributed by atoms with Gasteiger partial charge in [-0.1, -0.05) is 6.92 Å². The number of nitrogens with zero attached hydrogens (tertiary/aromatic N) is 4. The molecule has 2 heterocycles. The summed E-state index contributed by atoms with van der Waals surface area (Å²) < 4.78 is 29.7. The number of carbonyl (C=O) groups excluding carboxylic acids is 1. The minimum absolute atomic E-state index is 0.130. The van der Waals surface area contributed by atoms with Crippen LogP contribution in [0, 0.1) is 0 Å². The van der Waals surface area contributed by atoms with E-state index >= 15 is 0 Å². The van der Waals surface area contributed by atoms with Gasteiger partial charge in [-0.15, -0.1) is 8.78 Å². The fourth-order valence-electron chi connectivity index (χ4n) is 2.92. The maximum Gasteiger partial charge on any atom is 0.487 e. The van der Waals surface area contributed by atoms with Crippen molar-refractivity contribution in [3.8, 4) is 16.9 Å². The van der Waals surface area contributed by atoms with E-state index in [-0.39, 0.29) is 5.75 Å². The van der Waals surface area contributed by atoms with E-state index in [1.165, 1.54) is 36.8 Å². The third kappa shape index (κ3) is 6.08. The number of pyridine rings is 1. The highest BCUT2D eigenvalue weighted by molar-refractivity contribution is 6.20. The predicted molar refractivity (Wildman–Crippen MR) is 115 cm³/mol. The summed E-state index contributed by atoms with van der Waals surface area (Å²) in [7, 11) is 1.92. The lowest BCUT2D eigenvalue weighted by Gasteiger charge is -2.21. The Labute approximate surface area is 183 Å². The van der Waals surface area contributed by atoms with Gasteiger partial charge in [0.05, 0.1) is 5.56 Å². The zero-order chi connectivity index (χ0) is 22.4. The van der Waals surface area contributed by atoms with E-state index in [2.05, 4.69) is 31.9 Å². The van der Waals surface area contributed by atoms with E-state index in [9.17, 15) is 13.6 Å². The average Bonchev–Trinajstić information content (AvgIpc) is 2.74. The van der Waals surface area contributed by atoms with Gasteiger partial charge in [0.15, 0.2) is 0 Å². The largest absolute Gasteiger partial charge is 0.487 e. The first kappa shape index (κ1) is 22.4. The van der Waals surface area contributed by atoms with E-state index in [0.717, 1.165) is 24.1 Å². The van der Waals surface area contributed by atoms with Gasteiger partial charge in [-0.05, 0) is 36.8 Å². The average molecular weight is 448 g/mol. The number of amides is 1. The van der Waals surface area contributed by atoms with Crippen molar-refractivity contribution >= 4 is 29.0 Å². The predicted octanol–water partition coefficient (Wildman–Crippen LogP) is 4.81. The van der Waals surface area contributed by atoms with E-state index < -0.39 is 11.5 Å². The molecule has 1 N–H and O–H groups in total. The van der Waals surface area contributed by atoms with Gasteiger partial charge in [-0.25, -0.2) is 15.0 Å². The van der Waals surface area contributed by atoms with Crippen LogP contribution in [-0.4, -0.2) is 40.0 Å². The molecule has 7 nitrogen and oxygen atoms in total. The topological polar surface area (TPSA) is 80.2 Å². The number of hydrogen-bond acceptors (Lipinski definition) is 6. The van der Waals surface area contributed by atoms with Crippen molar-refractivity contribution in [3.63, 3.8) is 0 Å². The number of ether oxygens (including phenoxy) is 1. The second-order valence-electron chi connectivity index (χ2n) is 6.67. The van der Waals surface area contributed by atoms with Crippen molar-refractivity contribution in [2.24, 2.45) is 0 Å². The molecule has 1 aromatic carbocycles. The monoisotopic (exact) mass is 447 g/mol. The molecule has 0 fully saturated rings. The van der Waals surface area contributed by atoms with Crippen molar-refractivity contribution in [1.29, 1.82) is 0 Å². The lowest BCUT2D eigenvalue weighted by Crippen LogP contribution is -2.21. The van der Waals surface area contributed by atoms with E-state index in [0.29, 0.717) is 17.1 Å². The third-order valence-corrected chi connectivity index (χ3v) is 4.34. The van der Waals surface area contributed by atoms with Crippen molar-refractivity contribution in [3.05, 3.63) is 60.8 Å². The molecule has 0 saturated heterocycles. The number of alkyl halides is 3. The Hall–Kier alpha value is -3.33. The zero-order valence-electron chi connectivity index (χ0n) is 16.8. The van der Waals surface area contributed by atoms with Crippen LogP contribution in [-0.2, 0) is 0 Å². The molecule has 0 aliphatic heterocycles. The molecule has 2 aromatic heterocycles. The number of hydrogen-bond donors (Lipinski definition) is 1. The number of nitrogens with one attached hydrogen (secondary N) is 1. The summed E-state index contributed by atoms with van der Waals surface area (Å²) >= 11 is 4.75. The molecule has 3 rings (SSSR count). The number of benzene rings is 1. The molecule has 31 heavy (non-hydrogen) atoms. The Bertz CT molecular complexity index is 1030. The Morgan fingerprint density at radius 3 is 2.48 bits per heavy atom. The number of anilines is 2. The molecule has 0 aliphatic rings. The van der Waals surface area contributed by atoms with Crippen molar-refractivity contribution in [2.75, 3.05) is 23.8 Å². The minimum atomic E-state index is -3.80. The molecule has 0 saturated carbocycles. The van der Waals surface area contributed by atoms with Crippen LogP contribution in [0.1, 0.15) is 23.7 Å². The van der Waals surface area contributed by atoms with Crippen molar-refractivity contribution < 1.29 is 18.3 Å². The molecule has 0 spiro atoms. The van der Waals surface area contributed by atoms with Crippen LogP contribution < -0.4 is 15.0 Å². The van der Waals surface area contributed by atoms with Crippen LogP contribution in [0.3, 0.4) is 0 Å². The summed E-state index contributed by atoms with van der Waals surface area (Å²) in [4.78, 5) is 27.3. The van der Waals surface area contributed by atoms with Crippen molar-refractivity contribution in [1.82, 2.24) is 15.0 Å². The summed E-state index contributed by atoms with van der Waals surface area (Å²) in [6, 6.07) is 7.13. The highest BCUT2D eigenvalue weighted by Crippen LogP contribution is 2.29. The molecule has 0 atom stereocenters. The summed E-state index contributed by atoms with van der Waals surface area (Å²) in [5.41, 5.74) is -1.64. The molecule has 0 aliphatic carbocycles. The van der Waals surface area contributed by atoms with Gasteiger partial charge in [0.25, 0.3) is 5.91 Å². The second-order valence-corrected chi connectivity index (χ2v) is 7.11. The molecule has 3 aromatic rings. The van der Waals surface area contributed by atoms with Crippen LogP contribution in [0.5, 0.6) is 5.75 Å². The summed E-state index contributed by atoms with van der Waals surface area (Å²) in [6.45, 7) is 2.85. The molecular formula is C21H20ClF2N5O2. The zero-order valence-corrected chi connectivity index (χ0v) is 17.6. The SMILES string of the molecule is CCCN(C)c1ncc(C(=O)Nc2ccc(OC(F)(F)Cl)cc2)cc1-c1cncnc1. The lowest BCUT2D eigenvalue weighted by atomic mass is 10.1. The summed E-state index contributed by atoms with van der Waals surface area (Å²) in [6.07, 6.45) is 7.15. The van der Waals surface area contributed by atoms with Gasteiger partial charge >= 0.3 is 5.57 Å². The van der Waals surface area contributed by atoms with Gasteiger partial charge in [0.2, 0.25) is 0 Å². The van der Waals surface area contributed by atoms with Crippen LogP contribution in [0.25, 0.3) is 11.1 Å². The first-order chi connectivity index (χ1) is 14.8. The number of halogens is 3. The van der Waals surface area contributed by atoms with Crippen LogP contribution in [0.15, 0.2) is 55.2 Å². The molecule has 0 radical (unpaired) electrons. The highest BCUT2D eigenvalue weighted by Gasteiger charge is 2.27. The molecule has 0 bridgehead atoms. The van der Waals surface area contributed by atoms with Gasteiger partial charge in [0.1, 0.15) is 17.9 Å². The van der Waals surface area contributed by atoms with E-state index in [4.69, 9.17) is 11.6 Å². The second kappa shape index (κ2) is 9.65. The Morgan fingerprint density at radius 1 is 1.19 bits per heavy atom. The van der Waals surface area contributed by atoms with Crippen LogP contribution >= 0.6 is 11.6 Å². The number of carbonyl (C=O) groups is 1. The van der Waals surface area contributed by atoms with E-state index in [1.54, 1.807) is 18.5 Å². The standard InChI is InChI=1S/C21H20ClF2N5O2/c1-3-8-29(2)19-18(15-10-25-13-26-11-15)9-14(12-27-19)20(30)28-16-4-6-17(7-5-16)31-21(22,23)24/h4-7,9-13H,3,8H2,1-2H3,(H,28,30). The molecular weight excluding hydrogens is 428 g/mol. The van der Waals surface area contributed by atoms with Gasteiger partial charge < -0.3 is 15.0 Å². The first-order valence-electron chi connectivity index (χ1n) is 9.40.